The van der Waals surface area contributed by atoms with Gasteiger partial charge >= 0.3 is 0 Å². The van der Waals surface area contributed by atoms with Crippen molar-refractivity contribution >= 4 is 17.9 Å². The lowest BCUT2D eigenvalue weighted by molar-refractivity contribution is 0.112. The van der Waals surface area contributed by atoms with Crippen LogP contribution < -0.4 is 0 Å². The molecule has 0 unspecified atom stereocenters. The van der Waals surface area contributed by atoms with Crippen LogP contribution in [0.5, 0.6) is 0 Å². The molecule has 0 amide bonds. The number of fused-ring (bicyclic) bond motifs is 3. The van der Waals surface area contributed by atoms with Gasteiger partial charge in [0, 0.05) is 16.0 Å². The van der Waals surface area contributed by atoms with E-state index in [1.165, 1.54) is 22.3 Å². The van der Waals surface area contributed by atoms with E-state index in [1.807, 2.05) is 12.1 Å². The Kier molecular flexibility index (Phi) is 3.36. The molecule has 0 N–H and O–H groups in total. The molecular weight excluding hydrogens is 316 g/mol. The maximum atomic E-state index is 11.4. The second-order valence-corrected chi connectivity index (χ2v) is 7.22. The minimum Gasteiger partial charge on any atom is -0.298 e. The van der Waals surface area contributed by atoms with Crippen LogP contribution in [0.25, 0.3) is 22.3 Å². The third-order valence-electron chi connectivity index (χ3n) is 5.04. The Labute approximate surface area is 146 Å². The molecule has 0 aliphatic heterocycles. The summed E-state index contributed by atoms with van der Waals surface area (Å²) in [5, 5.41) is 0.578. The fourth-order valence-corrected chi connectivity index (χ4v) is 3.95. The van der Waals surface area contributed by atoms with Gasteiger partial charge in [-0.1, -0.05) is 67.9 Å². The Morgan fingerprint density at radius 3 is 2.33 bits per heavy atom. The first-order chi connectivity index (χ1) is 11.5. The number of rotatable bonds is 2. The predicted octanol–water partition coefficient (Wildman–Crippen LogP) is 6.13. The third kappa shape index (κ3) is 2.12. The Bertz CT molecular complexity index is 969. The van der Waals surface area contributed by atoms with Crippen molar-refractivity contribution in [1.29, 1.82) is 0 Å². The second-order valence-electron chi connectivity index (χ2n) is 6.78. The molecule has 1 aliphatic rings. The van der Waals surface area contributed by atoms with Crippen LogP contribution in [0.15, 0.2) is 60.7 Å². The summed E-state index contributed by atoms with van der Waals surface area (Å²) in [6.07, 6.45) is 0.869. The highest BCUT2D eigenvalue weighted by Crippen LogP contribution is 2.49. The number of hydrogen-bond donors (Lipinski definition) is 0. The van der Waals surface area contributed by atoms with Gasteiger partial charge in [0.25, 0.3) is 0 Å². The van der Waals surface area contributed by atoms with Crippen LogP contribution >= 0.6 is 11.6 Å². The van der Waals surface area contributed by atoms with Gasteiger partial charge in [-0.2, -0.15) is 0 Å². The van der Waals surface area contributed by atoms with Crippen LogP contribution in [0.2, 0.25) is 5.02 Å². The Morgan fingerprint density at radius 2 is 1.54 bits per heavy atom. The van der Waals surface area contributed by atoms with Crippen molar-refractivity contribution in [2.24, 2.45) is 0 Å². The molecule has 24 heavy (non-hydrogen) atoms. The van der Waals surface area contributed by atoms with E-state index in [0.717, 1.165) is 17.4 Å². The summed E-state index contributed by atoms with van der Waals surface area (Å²) in [6.45, 7) is 4.51. The quantitative estimate of drug-likeness (QED) is 0.516. The van der Waals surface area contributed by atoms with Gasteiger partial charge in [0.1, 0.15) is 0 Å². The number of halogens is 1. The molecular formula is C22H17ClO. The van der Waals surface area contributed by atoms with Gasteiger partial charge in [-0.25, -0.2) is 0 Å². The molecule has 0 fully saturated rings. The Morgan fingerprint density at radius 1 is 0.833 bits per heavy atom. The smallest absolute Gasteiger partial charge is 0.150 e. The molecule has 3 aromatic rings. The summed E-state index contributed by atoms with van der Waals surface area (Å²) in [6, 6.07) is 20.5. The van der Waals surface area contributed by atoms with Crippen molar-refractivity contribution in [3.05, 3.63) is 82.4 Å². The van der Waals surface area contributed by atoms with Crippen LogP contribution in [-0.2, 0) is 5.41 Å². The molecule has 2 heteroatoms. The summed E-state index contributed by atoms with van der Waals surface area (Å²) < 4.78 is 0. The molecule has 0 saturated heterocycles. The van der Waals surface area contributed by atoms with Gasteiger partial charge in [-0.05, 0) is 51.6 Å². The van der Waals surface area contributed by atoms with E-state index in [2.05, 4.69) is 56.3 Å². The summed E-state index contributed by atoms with van der Waals surface area (Å²) in [7, 11) is 0. The topological polar surface area (TPSA) is 17.1 Å². The molecule has 0 saturated carbocycles. The molecule has 0 heterocycles. The average Bonchev–Trinajstić information content (AvgIpc) is 2.83. The first-order valence-electron chi connectivity index (χ1n) is 8.02. The van der Waals surface area contributed by atoms with Crippen molar-refractivity contribution < 1.29 is 4.79 Å². The third-order valence-corrected chi connectivity index (χ3v) is 5.27. The highest BCUT2D eigenvalue weighted by molar-refractivity contribution is 6.31. The molecule has 0 radical (unpaired) electrons. The van der Waals surface area contributed by atoms with Crippen molar-refractivity contribution in [3.63, 3.8) is 0 Å². The maximum Gasteiger partial charge on any atom is 0.150 e. The zero-order chi connectivity index (χ0) is 16.9. The minimum atomic E-state index is -0.0459. The van der Waals surface area contributed by atoms with E-state index in [-0.39, 0.29) is 5.41 Å². The number of hydrogen-bond acceptors (Lipinski definition) is 1. The standard InChI is InChI=1S/C22H17ClO/c1-22(2)20-6-4-3-5-18(20)19-9-7-14(12-21(19)22)17-10-8-16(23)11-15(17)13-24/h3-13H,1-2H3. The van der Waals surface area contributed by atoms with E-state index in [0.29, 0.717) is 10.6 Å². The summed E-state index contributed by atoms with van der Waals surface area (Å²) >= 11 is 6.02. The maximum absolute atomic E-state index is 11.4. The lowest BCUT2D eigenvalue weighted by Crippen LogP contribution is -2.14. The minimum absolute atomic E-state index is 0.0459. The van der Waals surface area contributed by atoms with Crippen LogP contribution in [0.4, 0.5) is 0 Å². The first-order valence-corrected chi connectivity index (χ1v) is 8.39. The van der Waals surface area contributed by atoms with Crippen LogP contribution in [0.1, 0.15) is 35.3 Å². The Hall–Kier alpha value is -2.38. The Balaban J connectivity index is 1.93. The van der Waals surface area contributed by atoms with Gasteiger partial charge in [-0.15, -0.1) is 0 Å². The fourth-order valence-electron chi connectivity index (χ4n) is 3.77. The highest BCUT2D eigenvalue weighted by Gasteiger charge is 2.35. The molecule has 0 aromatic heterocycles. The highest BCUT2D eigenvalue weighted by atomic mass is 35.5. The molecule has 3 aromatic carbocycles. The first kappa shape index (κ1) is 15.2. The van der Waals surface area contributed by atoms with E-state index < -0.39 is 0 Å². The molecule has 4 rings (SSSR count). The summed E-state index contributed by atoms with van der Waals surface area (Å²) in [4.78, 5) is 11.4. The van der Waals surface area contributed by atoms with Crippen molar-refractivity contribution in [2.45, 2.75) is 19.3 Å². The molecule has 1 aliphatic carbocycles. The van der Waals surface area contributed by atoms with E-state index in [9.17, 15) is 4.79 Å². The number of carbonyl (C=O) groups is 1. The number of benzene rings is 3. The molecule has 0 bridgehead atoms. The average molecular weight is 333 g/mol. The molecule has 0 spiro atoms. The predicted molar refractivity (Wildman–Crippen MR) is 99.8 cm³/mol. The van der Waals surface area contributed by atoms with Gasteiger partial charge in [-0.3, -0.25) is 4.79 Å². The SMILES string of the molecule is CC1(C)c2ccccc2-c2ccc(-c3ccc(Cl)cc3C=O)cc21. The monoisotopic (exact) mass is 332 g/mol. The molecule has 1 nitrogen and oxygen atoms in total. The number of aldehydes is 1. The van der Waals surface area contributed by atoms with Crippen LogP contribution in [0, 0.1) is 0 Å². The van der Waals surface area contributed by atoms with Crippen molar-refractivity contribution in [1.82, 2.24) is 0 Å². The van der Waals surface area contributed by atoms with Gasteiger partial charge in [0.05, 0.1) is 0 Å². The van der Waals surface area contributed by atoms with E-state index in [4.69, 9.17) is 11.6 Å². The van der Waals surface area contributed by atoms with Crippen molar-refractivity contribution in [3.8, 4) is 22.3 Å². The summed E-state index contributed by atoms with van der Waals surface area (Å²) in [5.74, 6) is 0. The van der Waals surface area contributed by atoms with E-state index in [1.54, 1.807) is 6.07 Å². The van der Waals surface area contributed by atoms with Gasteiger partial charge in [0.15, 0.2) is 6.29 Å². The largest absolute Gasteiger partial charge is 0.298 e. The van der Waals surface area contributed by atoms with Gasteiger partial charge in [0.2, 0.25) is 0 Å². The van der Waals surface area contributed by atoms with E-state index >= 15 is 0 Å². The molecule has 118 valence electrons. The lowest BCUT2D eigenvalue weighted by atomic mass is 9.81. The van der Waals surface area contributed by atoms with Gasteiger partial charge < -0.3 is 0 Å². The zero-order valence-electron chi connectivity index (χ0n) is 13.6. The second kappa shape index (κ2) is 5.32. The normalized spacial score (nSPS) is 14.1. The van der Waals surface area contributed by atoms with Crippen LogP contribution in [0.3, 0.4) is 0 Å². The lowest BCUT2D eigenvalue weighted by Gasteiger charge is -2.22. The number of carbonyl (C=O) groups excluding carboxylic acids is 1. The van der Waals surface area contributed by atoms with Crippen molar-refractivity contribution in [2.75, 3.05) is 0 Å². The summed E-state index contributed by atoms with van der Waals surface area (Å²) in [5.41, 5.74) is 7.78. The van der Waals surface area contributed by atoms with Crippen LogP contribution in [-0.4, -0.2) is 6.29 Å². The fraction of sp³-hybridized carbons (Fsp3) is 0.136. The zero-order valence-corrected chi connectivity index (χ0v) is 14.4. The molecule has 0 atom stereocenters.